The van der Waals surface area contributed by atoms with Gasteiger partial charge in [0, 0.05) is 10.6 Å². The second-order valence-electron chi connectivity index (χ2n) is 2.54. The molecule has 0 saturated heterocycles. The lowest BCUT2D eigenvalue weighted by atomic mass is 10.3. The highest BCUT2D eigenvalue weighted by Gasteiger charge is 2.00. The van der Waals surface area contributed by atoms with E-state index in [9.17, 15) is 4.79 Å². The van der Waals surface area contributed by atoms with E-state index in [1.807, 2.05) is 0 Å². The molecule has 0 bridgehead atoms. The molecule has 2 rings (SSSR count). The summed E-state index contributed by atoms with van der Waals surface area (Å²) in [5, 5.41) is 0. The molecule has 4 nitrogen and oxygen atoms in total. The standard InChI is InChI=1S/C7H7N3OS/c8-3-1-4-5(2-6(3)12)10-7(11)9-4/h1-2,12H,8H2,(H2,9,10,11). The van der Waals surface area contributed by atoms with Crippen LogP contribution >= 0.6 is 12.6 Å². The Kier molecular flexibility index (Phi) is 1.41. The normalized spacial score (nSPS) is 10.8. The van der Waals surface area contributed by atoms with E-state index >= 15 is 0 Å². The van der Waals surface area contributed by atoms with Crippen LogP contribution in [0.5, 0.6) is 0 Å². The van der Waals surface area contributed by atoms with Crippen LogP contribution in [0.1, 0.15) is 0 Å². The predicted molar refractivity (Wildman–Crippen MR) is 50.6 cm³/mol. The molecule has 2 aromatic rings. The number of hydrogen-bond donors (Lipinski definition) is 4. The molecule has 0 unspecified atom stereocenters. The molecule has 4 N–H and O–H groups in total. The van der Waals surface area contributed by atoms with Gasteiger partial charge in [-0.2, -0.15) is 0 Å². The van der Waals surface area contributed by atoms with Gasteiger partial charge in [-0.15, -0.1) is 12.6 Å². The van der Waals surface area contributed by atoms with E-state index in [0.29, 0.717) is 16.1 Å². The molecule has 0 aliphatic carbocycles. The molecule has 0 spiro atoms. The fourth-order valence-corrected chi connectivity index (χ4v) is 1.28. The average molecular weight is 181 g/mol. The fraction of sp³-hybridized carbons (Fsp3) is 0. The molecule has 5 heteroatoms. The van der Waals surface area contributed by atoms with Crippen LogP contribution in [0, 0.1) is 0 Å². The summed E-state index contributed by atoms with van der Waals surface area (Å²) in [4.78, 5) is 16.7. The van der Waals surface area contributed by atoms with Crippen molar-refractivity contribution in [3.8, 4) is 0 Å². The number of aromatic amines is 2. The monoisotopic (exact) mass is 181 g/mol. The van der Waals surface area contributed by atoms with Crippen LogP contribution in [0.4, 0.5) is 5.69 Å². The topological polar surface area (TPSA) is 74.7 Å². The highest BCUT2D eigenvalue weighted by Crippen LogP contribution is 2.20. The largest absolute Gasteiger partial charge is 0.398 e. The number of benzene rings is 1. The quantitative estimate of drug-likeness (QED) is 0.357. The second-order valence-corrected chi connectivity index (χ2v) is 3.02. The van der Waals surface area contributed by atoms with Crippen molar-refractivity contribution in [2.24, 2.45) is 0 Å². The van der Waals surface area contributed by atoms with E-state index in [0.717, 1.165) is 5.52 Å². The number of anilines is 1. The number of H-pyrrole nitrogens is 2. The first-order valence-electron chi connectivity index (χ1n) is 3.37. The Morgan fingerprint density at radius 3 is 2.50 bits per heavy atom. The number of hydrogen-bond acceptors (Lipinski definition) is 3. The minimum Gasteiger partial charge on any atom is -0.398 e. The molecule has 0 atom stereocenters. The van der Waals surface area contributed by atoms with E-state index in [1.54, 1.807) is 12.1 Å². The Hall–Kier alpha value is -1.36. The Balaban J connectivity index is 2.92. The molecule has 0 fully saturated rings. The fourth-order valence-electron chi connectivity index (χ4n) is 1.09. The molecule has 1 aromatic heterocycles. The molecule has 0 saturated carbocycles. The first-order valence-corrected chi connectivity index (χ1v) is 3.82. The average Bonchev–Trinajstić information content (AvgIpc) is 2.30. The number of imidazole rings is 1. The Bertz CT molecular complexity index is 443. The van der Waals surface area contributed by atoms with Crippen LogP contribution in [0.15, 0.2) is 21.8 Å². The minimum atomic E-state index is -0.233. The van der Waals surface area contributed by atoms with Gasteiger partial charge in [-0.05, 0) is 12.1 Å². The summed E-state index contributed by atoms with van der Waals surface area (Å²) < 4.78 is 0. The van der Waals surface area contributed by atoms with E-state index in [1.165, 1.54) is 0 Å². The van der Waals surface area contributed by atoms with Crippen LogP contribution in [0.25, 0.3) is 11.0 Å². The molecule has 62 valence electrons. The number of nitrogen functional groups attached to an aromatic ring is 1. The van der Waals surface area contributed by atoms with Crippen molar-refractivity contribution in [2.45, 2.75) is 4.90 Å². The summed E-state index contributed by atoms with van der Waals surface area (Å²) >= 11 is 4.12. The van der Waals surface area contributed by atoms with E-state index in [4.69, 9.17) is 5.73 Å². The van der Waals surface area contributed by atoms with Gasteiger partial charge < -0.3 is 15.7 Å². The molecule has 0 radical (unpaired) electrons. The Labute approximate surface area is 73.2 Å². The number of aromatic nitrogens is 2. The Morgan fingerprint density at radius 2 is 1.83 bits per heavy atom. The lowest BCUT2D eigenvalue weighted by Crippen LogP contribution is -1.99. The highest BCUT2D eigenvalue weighted by atomic mass is 32.1. The van der Waals surface area contributed by atoms with Gasteiger partial charge >= 0.3 is 5.69 Å². The van der Waals surface area contributed by atoms with Crippen molar-refractivity contribution in [3.63, 3.8) is 0 Å². The van der Waals surface area contributed by atoms with E-state index < -0.39 is 0 Å². The summed E-state index contributed by atoms with van der Waals surface area (Å²) in [7, 11) is 0. The third kappa shape index (κ3) is 0.984. The number of nitrogens with two attached hydrogens (primary N) is 1. The van der Waals surface area contributed by atoms with E-state index in [2.05, 4.69) is 22.6 Å². The summed E-state index contributed by atoms with van der Waals surface area (Å²) in [6.45, 7) is 0. The maximum Gasteiger partial charge on any atom is 0.323 e. The first-order chi connectivity index (χ1) is 5.66. The summed E-state index contributed by atoms with van der Waals surface area (Å²) in [6, 6.07) is 3.39. The smallest absolute Gasteiger partial charge is 0.323 e. The van der Waals surface area contributed by atoms with Gasteiger partial charge in [0.15, 0.2) is 0 Å². The van der Waals surface area contributed by atoms with Gasteiger partial charge in [0.2, 0.25) is 0 Å². The maximum atomic E-state index is 10.8. The van der Waals surface area contributed by atoms with Gasteiger partial charge in [-0.25, -0.2) is 4.79 Å². The minimum absolute atomic E-state index is 0.233. The zero-order valence-corrected chi connectivity index (χ0v) is 6.98. The molecule has 0 aliphatic rings. The number of fused-ring (bicyclic) bond motifs is 1. The third-order valence-electron chi connectivity index (χ3n) is 1.66. The van der Waals surface area contributed by atoms with Crippen LogP contribution in [0.2, 0.25) is 0 Å². The molecule has 1 aromatic carbocycles. The maximum absolute atomic E-state index is 10.8. The van der Waals surface area contributed by atoms with Gasteiger partial charge in [-0.1, -0.05) is 0 Å². The number of thiol groups is 1. The second kappa shape index (κ2) is 2.31. The third-order valence-corrected chi connectivity index (χ3v) is 2.05. The van der Waals surface area contributed by atoms with Gasteiger partial charge in [0.1, 0.15) is 0 Å². The summed E-state index contributed by atoms with van der Waals surface area (Å²) in [5.74, 6) is 0. The zero-order valence-electron chi connectivity index (χ0n) is 6.09. The van der Waals surface area contributed by atoms with Crippen molar-refractivity contribution >= 4 is 29.3 Å². The number of rotatable bonds is 0. The lowest BCUT2D eigenvalue weighted by molar-refractivity contribution is 1.21. The molecular weight excluding hydrogens is 174 g/mol. The van der Waals surface area contributed by atoms with Crippen LogP contribution in [-0.4, -0.2) is 9.97 Å². The van der Waals surface area contributed by atoms with Crippen LogP contribution < -0.4 is 11.4 Å². The molecule has 12 heavy (non-hydrogen) atoms. The Morgan fingerprint density at radius 1 is 1.25 bits per heavy atom. The molecular formula is C7H7N3OS. The number of nitrogens with one attached hydrogen (secondary N) is 2. The van der Waals surface area contributed by atoms with Crippen LogP contribution in [0.3, 0.4) is 0 Å². The molecule has 0 amide bonds. The van der Waals surface area contributed by atoms with Crippen molar-refractivity contribution in [3.05, 3.63) is 22.6 Å². The molecule has 1 heterocycles. The summed E-state index contributed by atoms with van der Waals surface area (Å²) in [6.07, 6.45) is 0. The van der Waals surface area contributed by atoms with Crippen molar-refractivity contribution in [1.29, 1.82) is 0 Å². The van der Waals surface area contributed by atoms with Gasteiger partial charge in [0.05, 0.1) is 11.0 Å². The van der Waals surface area contributed by atoms with Crippen LogP contribution in [-0.2, 0) is 0 Å². The SMILES string of the molecule is Nc1cc2[nH]c(=O)[nH]c2cc1S. The van der Waals surface area contributed by atoms with Crippen molar-refractivity contribution < 1.29 is 0 Å². The summed E-state index contributed by atoms with van der Waals surface area (Å²) in [5.41, 5.74) is 7.33. The van der Waals surface area contributed by atoms with Gasteiger partial charge in [0.25, 0.3) is 0 Å². The lowest BCUT2D eigenvalue weighted by Gasteiger charge is -1.96. The van der Waals surface area contributed by atoms with Crippen molar-refractivity contribution in [1.82, 2.24) is 9.97 Å². The zero-order chi connectivity index (χ0) is 8.72. The van der Waals surface area contributed by atoms with Gasteiger partial charge in [-0.3, -0.25) is 0 Å². The first kappa shape index (κ1) is 7.30. The predicted octanol–water partition coefficient (Wildman–Crippen LogP) is 0.727. The van der Waals surface area contributed by atoms with E-state index in [-0.39, 0.29) is 5.69 Å². The van der Waals surface area contributed by atoms with Crippen molar-refractivity contribution in [2.75, 3.05) is 5.73 Å². The highest BCUT2D eigenvalue weighted by molar-refractivity contribution is 7.80. The molecule has 0 aliphatic heterocycles.